The number of benzene rings is 1. The average molecular weight is 329 g/mol. The summed E-state index contributed by atoms with van der Waals surface area (Å²) in [6.07, 6.45) is 4.79. The van der Waals surface area contributed by atoms with E-state index in [1.165, 1.54) is 29.9 Å². The van der Waals surface area contributed by atoms with Crippen molar-refractivity contribution >= 4 is 22.9 Å². The highest BCUT2D eigenvalue weighted by Crippen LogP contribution is 2.24. The zero-order valence-electron chi connectivity index (χ0n) is 12.5. The summed E-state index contributed by atoms with van der Waals surface area (Å²) in [6.45, 7) is 3.89. The SMILES string of the molecule is C=Cc1cn(Cc2ccc(F)cc2F)c2cnc(C(=O)NO)cc12. The standard InChI is InChI=1S/C17H13F2N3O2/c1-2-10-8-22(9-11-3-4-12(18)5-14(11)19)16-7-20-15(6-13(10)16)17(23)21-24/h2-8,24H,1,9H2,(H,21,23). The van der Waals surface area contributed by atoms with Crippen molar-refractivity contribution in [2.75, 3.05) is 0 Å². The molecule has 122 valence electrons. The monoisotopic (exact) mass is 329 g/mol. The van der Waals surface area contributed by atoms with Crippen molar-refractivity contribution in [3.63, 3.8) is 0 Å². The number of fused-ring (bicyclic) bond motifs is 1. The molecule has 24 heavy (non-hydrogen) atoms. The lowest BCUT2D eigenvalue weighted by atomic mass is 10.2. The Morgan fingerprint density at radius 1 is 1.38 bits per heavy atom. The van der Waals surface area contributed by atoms with Gasteiger partial charge in [0.2, 0.25) is 0 Å². The van der Waals surface area contributed by atoms with E-state index in [9.17, 15) is 13.6 Å². The lowest BCUT2D eigenvalue weighted by Crippen LogP contribution is -2.19. The zero-order chi connectivity index (χ0) is 17.3. The van der Waals surface area contributed by atoms with Gasteiger partial charge in [0.25, 0.3) is 5.91 Å². The highest BCUT2D eigenvalue weighted by molar-refractivity contribution is 5.97. The molecule has 0 saturated carbocycles. The van der Waals surface area contributed by atoms with E-state index >= 15 is 0 Å². The highest BCUT2D eigenvalue weighted by atomic mass is 19.1. The van der Waals surface area contributed by atoms with E-state index in [2.05, 4.69) is 11.6 Å². The molecule has 1 amide bonds. The van der Waals surface area contributed by atoms with Crippen LogP contribution in [0.15, 0.2) is 43.2 Å². The van der Waals surface area contributed by atoms with Crippen LogP contribution in [-0.4, -0.2) is 20.7 Å². The topological polar surface area (TPSA) is 67.2 Å². The number of halogens is 2. The van der Waals surface area contributed by atoms with Gasteiger partial charge in [0.05, 0.1) is 18.3 Å². The number of hydroxylamine groups is 1. The molecule has 2 heterocycles. The van der Waals surface area contributed by atoms with E-state index < -0.39 is 17.5 Å². The quantitative estimate of drug-likeness (QED) is 0.571. The van der Waals surface area contributed by atoms with Gasteiger partial charge in [-0.1, -0.05) is 18.7 Å². The van der Waals surface area contributed by atoms with Crippen molar-refractivity contribution in [1.29, 1.82) is 0 Å². The molecule has 5 nitrogen and oxygen atoms in total. The smallest absolute Gasteiger partial charge is 0.293 e. The number of nitrogens with one attached hydrogen (secondary N) is 1. The Bertz CT molecular complexity index is 950. The maximum atomic E-state index is 13.9. The number of hydrogen-bond donors (Lipinski definition) is 2. The first kappa shape index (κ1) is 15.8. The van der Waals surface area contributed by atoms with Gasteiger partial charge >= 0.3 is 0 Å². The average Bonchev–Trinajstić information content (AvgIpc) is 2.93. The number of nitrogens with zero attached hydrogens (tertiary/aromatic N) is 2. The molecule has 0 spiro atoms. The summed E-state index contributed by atoms with van der Waals surface area (Å²) in [6, 6.07) is 4.92. The highest BCUT2D eigenvalue weighted by Gasteiger charge is 2.13. The van der Waals surface area contributed by atoms with Crippen molar-refractivity contribution in [1.82, 2.24) is 15.0 Å². The zero-order valence-corrected chi connectivity index (χ0v) is 12.5. The second-order valence-electron chi connectivity index (χ2n) is 5.18. The second-order valence-corrected chi connectivity index (χ2v) is 5.18. The largest absolute Gasteiger partial charge is 0.341 e. The van der Waals surface area contributed by atoms with E-state index in [-0.39, 0.29) is 12.2 Å². The predicted molar refractivity (Wildman–Crippen MR) is 84.5 cm³/mol. The molecule has 3 aromatic rings. The summed E-state index contributed by atoms with van der Waals surface area (Å²) in [5.74, 6) is -2.01. The van der Waals surface area contributed by atoms with Crippen molar-refractivity contribution in [2.45, 2.75) is 6.54 Å². The summed E-state index contributed by atoms with van der Waals surface area (Å²) in [4.78, 5) is 15.5. The number of hydrogen-bond acceptors (Lipinski definition) is 3. The van der Waals surface area contributed by atoms with Crippen molar-refractivity contribution < 1.29 is 18.8 Å². The summed E-state index contributed by atoms with van der Waals surface area (Å²) >= 11 is 0. The Hall–Kier alpha value is -3.06. The van der Waals surface area contributed by atoms with Gasteiger partial charge in [-0.15, -0.1) is 0 Å². The fraction of sp³-hybridized carbons (Fsp3) is 0.0588. The summed E-state index contributed by atoms with van der Waals surface area (Å²) in [7, 11) is 0. The molecule has 0 saturated heterocycles. The molecular formula is C17H13F2N3O2. The maximum absolute atomic E-state index is 13.9. The number of carbonyl (C=O) groups is 1. The van der Waals surface area contributed by atoms with Crippen molar-refractivity contribution in [2.24, 2.45) is 0 Å². The van der Waals surface area contributed by atoms with E-state index in [0.29, 0.717) is 16.5 Å². The van der Waals surface area contributed by atoms with Crippen LogP contribution >= 0.6 is 0 Å². The Balaban J connectivity index is 2.08. The van der Waals surface area contributed by atoms with Gasteiger partial charge in [0.1, 0.15) is 17.3 Å². The van der Waals surface area contributed by atoms with Crippen LogP contribution in [0.1, 0.15) is 21.6 Å². The Morgan fingerprint density at radius 3 is 2.83 bits per heavy atom. The summed E-state index contributed by atoms with van der Waals surface area (Å²) in [5, 5.41) is 9.38. The van der Waals surface area contributed by atoms with E-state index in [0.717, 1.165) is 11.6 Å². The van der Waals surface area contributed by atoms with E-state index in [1.54, 1.807) is 16.8 Å². The molecule has 3 rings (SSSR count). The molecule has 0 bridgehead atoms. The normalized spacial score (nSPS) is 10.8. The van der Waals surface area contributed by atoms with Gasteiger partial charge in [-0.2, -0.15) is 0 Å². The Kier molecular flexibility index (Phi) is 4.09. The number of carbonyl (C=O) groups excluding carboxylic acids is 1. The van der Waals surface area contributed by atoms with Crippen LogP contribution in [0.25, 0.3) is 17.0 Å². The Morgan fingerprint density at radius 2 is 2.17 bits per heavy atom. The second kappa shape index (κ2) is 6.21. The van der Waals surface area contributed by atoms with Gasteiger partial charge in [0.15, 0.2) is 0 Å². The first-order valence-corrected chi connectivity index (χ1v) is 7.03. The van der Waals surface area contributed by atoms with Crippen LogP contribution in [0.3, 0.4) is 0 Å². The van der Waals surface area contributed by atoms with E-state index in [4.69, 9.17) is 5.21 Å². The Labute approximate surface area is 135 Å². The first-order chi connectivity index (χ1) is 11.5. The van der Waals surface area contributed by atoms with Crippen molar-refractivity contribution in [3.05, 3.63) is 71.7 Å². The van der Waals surface area contributed by atoms with Crippen LogP contribution in [-0.2, 0) is 6.54 Å². The molecule has 0 aliphatic heterocycles. The third kappa shape index (κ3) is 2.77. The molecule has 0 radical (unpaired) electrons. The van der Waals surface area contributed by atoms with Gasteiger partial charge < -0.3 is 4.57 Å². The lowest BCUT2D eigenvalue weighted by molar-refractivity contribution is 0.0701. The van der Waals surface area contributed by atoms with E-state index in [1.807, 2.05) is 0 Å². The molecular weight excluding hydrogens is 316 g/mol. The lowest BCUT2D eigenvalue weighted by Gasteiger charge is -2.07. The van der Waals surface area contributed by atoms with Gasteiger partial charge in [-0.3, -0.25) is 10.0 Å². The first-order valence-electron chi connectivity index (χ1n) is 7.03. The third-order valence-corrected chi connectivity index (χ3v) is 3.71. The minimum atomic E-state index is -0.732. The van der Waals surface area contributed by atoms with Crippen LogP contribution in [0, 0.1) is 11.6 Å². The number of aromatic nitrogens is 2. The van der Waals surface area contributed by atoms with Gasteiger partial charge in [-0.05, 0) is 17.7 Å². The summed E-state index contributed by atoms with van der Waals surface area (Å²) < 4.78 is 28.6. The molecule has 0 atom stereocenters. The molecule has 0 aliphatic rings. The van der Waals surface area contributed by atoms with Crippen LogP contribution in [0.5, 0.6) is 0 Å². The minimum absolute atomic E-state index is 0.0406. The van der Waals surface area contributed by atoms with Gasteiger partial charge in [-0.25, -0.2) is 19.2 Å². The molecule has 1 aromatic carbocycles. The molecule has 7 heteroatoms. The van der Waals surface area contributed by atoms with Crippen LogP contribution in [0.4, 0.5) is 8.78 Å². The van der Waals surface area contributed by atoms with Gasteiger partial charge in [0, 0.05) is 23.2 Å². The predicted octanol–water partition coefficient (Wildman–Crippen LogP) is 3.12. The number of pyridine rings is 1. The maximum Gasteiger partial charge on any atom is 0.293 e. The summed E-state index contributed by atoms with van der Waals surface area (Å²) in [5.41, 5.74) is 3.26. The number of amides is 1. The third-order valence-electron chi connectivity index (χ3n) is 3.71. The van der Waals surface area contributed by atoms with Crippen LogP contribution < -0.4 is 5.48 Å². The molecule has 2 aromatic heterocycles. The molecule has 0 aliphatic carbocycles. The molecule has 0 unspecified atom stereocenters. The fourth-order valence-electron chi connectivity index (χ4n) is 2.52. The minimum Gasteiger partial charge on any atom is -0.341 e. The van der Waals surface area contributed by atoms with Crippen LogP contribution in [0.2, 0.25) is 0 Å². The molecule has 0 fully saturated rings. The number of rotatable bonds is 4. The van der Waals surface area contributed by atoms with Crippen molar-refractivity contribution in [3.8, 4) is 0 Å². The molecule has 2 N–H and O–H groups in total. The fourth-order valence-corrected chi connectivity index (χ4v) is 2.52.